The van der Waals surface area contributed by atoms with Crippen LogP contribution in [0.4, 0.5) is 13.2 Å². The van der Waals surface area contributed by atoms with Gasteiger partial charge in [0.1, 0.15) is 6.54 Å². The quantitative estimate of drug-likeness (QED) is 0.850. The number of aromatic nitrogens is 3. The number of nitrogens with zero attached hydrogens (tertiary/aromatic N) is 4. The van der Waals surface area contributed by atoms with Crippen LogP contribution in [-0.4, -0.2) is 38.7 Å². The fourth-order valence-corrected chi connectivity index (χ4v) is 3.11. The average Bonchev–Trinajstić information content (AvgIpc) is 3.05. The highest BCUT2D eigenvalue weighted by atomic mass is 19.4. The van der Waals surface area contributed by atoms with Crippen LogP contribution < -0.4 is 0 Å². The Kier molecular flexibility index (Phi) is 5.06. The van der Waals surface area contributed by atoms with E-state index in [-0.39, 0.29) is 12.5 Å². The van der Waals surface area contributed by atoms with Gasteiger partial charge in [-0.15, -0.1) is 0 Å². The Labute approximate surface area is 143 Å². The maximum absolute atomic E-state index is 12.6. The van der Waals surface area contributed by atoms with Crippen LogP contribution in [0.5, 0.6) is 0 Å². The summed E-state index contributed by atoms with van der Waals surface area (Å²) in [5, 5.41) is 3.44. The van der Waals surface area contributed by atoms with Gasteiger partial charge in [-0.25, -0.2) is 0 Å². The first-order chi connectivity index (χ1) is 11.9. The van der Waals surface area contributed by atoms with Crippen molar-refractivity contribution in [1.82, 2.24) is 19.7 Å². The van der Waals surface area contributed by atoms with E-state index in [1.165, 1.54) is 6.20 Å². The molecular weight excluding hydrogens is 333 g/mol. The van der Waals surface area contributed by atoms with E-state index in [9.17, 15) is 18.0 Å². The Morgan fingerprint density at radius 3 is 2.80 bits per heavy atom. The minimum absolute atomic E-state index is 0.174. The zero-order chi connectivity index (χ0) is 17.9. The highest BCUT2D eigenvalue weighted by Gasteiger charge is 2.34. The molecular formula is C17H19F3N4O. The van der Waals surface area contributed by atoms with Gasteiger partial charge in [-0.2, -0.15) is 18.3 Å². The number of likely N-dealkylation sites (tertiary alicyclic amines) is 1. The third-order valence-corrected chi connectivity index (χ3v) is 4.32. The van der Waals surface area contributed by atoms with Crippen molar-refractivity contribution in [2.24, 2.45) is 5.92 Å². The highest BCUT2D eigenvalue weighted by molar-refractivity contribution is 5.76. The molecule has 0 bridgehead atoms. The first-order valence-corrected chi connectivity index (χ1v) is 8.20. The van der Waals surface area contributed by atoms with E-state index < -0.39 is 11.9 Å². The zero-order valence-electron chi connectivity index (χ0n) is 13.6. The van der Waals surface area contributed by atoms with Gasteiger partial charge in [-0.1, -0.05) is 6.07 Å². The van der Waals surface area contributed by atoms with Gasteiger partial charge >= 0.3 is 6.18 Å². The number of hydrogen-bond acceptors (Lipinski definition) is 3. The summed E-state index contributed by atoms with van der Waals surface area (Å²) in [6.45, 7) is 1.06. The van der Waals surface area contributed by atoms with Gasteiger partial charge in [0.2, 0.25) is 5.91 Å². The smallest absolute Gasteiger partial charge is 0.341 e. The molecule has 0 spiro atoms. The number of halogens is 3. The van der Waals surface area contributed by atoms with Crippen LogP contribution in [0.1, 0.15) is 24.2 Å². The van der Waals surface area contributed by atoms with Gasteiger partial charge in [0.15, 0.2) is 5.69 Å². The summed E-state index contributed by atoms with van der Waals surface area (Å²) in [6.07, 6.45) is 1.14. The maximum atomic E-state index is 12.6. The molecule has 2 aromatic heterocycles. The summed E-state index contributed by atoms with van der Waals surface area (Å²) >= 11 is 0. The fraction of sp³-hybridized carbons (Fsp3) is 0.471. The van der Waals surface area contributed by atoms with Crippen LogP contribution in [0.15, 0.2) is 36.7 Å². The van der Waals surface area contributed by atoms with E-state index in [0.717, 1.165) is 35.7 Å². The molecule has 0 radical (unpaired) electrons. The largest absolute Gasteiger partial charge is 0.435 e. The summed E-state index contributed by atoms with van der Waals surface area (Å²) in [4.78, 5) is 18.4. The molecule has 1 fully saturated rings. The van der Waals surface area contributed by atoms with E-state index in [0.29, 0.717) is 19.0 Å². The third kappa shape index (κ3) is 4.58. The molecule has 1 aliphatic rings. The molecule has 1 aliphatic heterocycles. The van der Waals surface area contributed by atoms with Crippen molar-refractivity contribution in [1.29, 1.82) is 0 Å². The molecule has 3 heterocycles. The van der Waals surface area contributed by atoms with Crippen LogP contribution in [0, 0.1) is 5.92 Å². The first kappa shape index (κ1) is 17.4. The average molecular weight is 352 g/mol. The number of hydrogen-bond donors (Lipinski definition) is 0. The molecule has 1 saturated heterocycles. The molecule has 2 aromatic rings. The lowest BCUT2D eigenvalue weighted by Crippen LogP contribution is -2.42. The molecule has 0 aromatic carbocycles. The number of pyridine rings is 1. The summed E-state index contributed by atoms with van der Waals surface area (Å²) in [5.74, 6) is 0.110. The lowest BCUT2D eigenvalue weighted by Gasteiger charge is -2.32. The lowest BCUT2D eigenvalue weighted by molar-refractivity contribution is -0.142. The van der Waals surface area contributed by atoms with Gasteiger partial charge < -0.3 is 4.90 Å². The Bertz CT molecular complexity index is 714. The summed E-state index contributed by atoms with van der Waals surface area (Å²) in [5.41, 5.74) is 0.00988. The van der Waals surface area contributed by atoms with Gasteiger partial charge in [0.05, 0.1) is 0 Å². The second-order valence-electron chi connectivity index (χ2n) is 6.27. The first-order valence-electron chi connectivity index (χ1n) is 8.20. The Morgan fingerprint density at radius 1 is 1.28 bits per heavy atom. The number of piperidine rings is 1. The number of carbonyl (C=O) groups excluding carboxylic acids is 1. The molecule has 8 heteroatoms. The Hall–Kier alpha value is -2.38. The molecule has 1 atom stereocenters. The minimum Gasteiger partial charge on any atom is -0.341 e. The lowest BCUT2D eigenvalue weighted by atomic mass is 9.93. The Morgan fingerprint density at radius 2 is 2.12 bits per heavy atom. The summed E-state index contributed by atoms with van der Waals surface area (Å²) in [7, 11) is 0. The topological polar surface area (TPSA) is 51.0 Å². The van der Waals surface area contributed by atoms with E-state index in [1.54, 1.807) is 11.1 Å². The number of amides is 1. The molecule has 5 nitrogen and oxygen atoms in total. The second-order valence-corrected chi connectivity index (χ2v) is 6.27. The van der Waals surface area contributed by atoms with Crippen molar-refractivity contribution >= 4 is 5.91 Å². The van der Waals surface area contributed by atoms with Crippen molar-refractivity contribution in [2.45, 2.75) is 32.0 Å². The fourth-order valence-electron chi connectivity index (χ4n) is 3.11. The van der Waals surface area contributed by atoms with Crippen molar-refractivity contribution in [3.05, 3.63) is 48.0 Å². The van der Waals surface area contributed by atoms with Crippen molar-refractivity contribution < 1.29 is 18.0 Å². The zero-order valence-corrected chi connectivity index (χ0v) is 13.6. The standard InChI is InChI=1S/C17H19F3N4O/c18-17(19,20)15-6-9-24(22-15)12-16(25)23-8-3-4-13(11-23)10-14-5-1-2-7-21-14/h1-2,5-7,9,13H,3-4,8,10-12H2/t13-/m1/s1. The van der Waals surface area contributed by atoms with Gasteiger partial charge in [0, 0.05) is 31.2 Å². The molecule has 0 N–H and O–H groups in total. The molecule has 3 rings (SSSR count). The molecule has 0 saturated carbocycles. The maximum Gasteiger partial charge on any atom is 0.435 e. The van der Waals surface area contributed by atoms with E-state index >= 15 is 0 Å². The highest BCUT2D eigenvalue weighted by Crippen LogP contribution is 2.27. The van der Waals surface area contributed by atoms with E-state index in [4.69, 9.17) is 0 Å². The predicted molar refractivity (Wildman–Crippen MR) is 84.5 cm³/mol. The molecule has 0 unspecified atom stereocenters. The van der Waals surface area contributed by atoms with Crippen LogP contribution >= 0.6 is 0 Å². The van der Waals surface area contributed by atoms with Crippen molar-refractivity contribution in [2.75, 3.05) is 13.1 Å². The van der Waals surface area contributed by atoms with Gasteiger partial charge in [0.25, 0.3) is 0 Å². The van der Waals surface area contributed by atoms with E-state index in [1.807, 2.05) is 18.2 Å². The summed E-state index contributed by atoms with van der Waals surface area (Å²) < 4.78 is 38.8. The number of rotatable bonds is 4. The van der Waals surface area contributed by atoms with E-state index in [2.05, 4.69) is 10.1 Å². The van der Waals surface area contributed by atoms with Crippen LogP contribution in [-0.2, 0) is 23.9 Å². The number of carbonyl (C=O) groups is 1. The third-order valence-electron chi connectivity index (χ3n) is 4.32. The van der Waals surface area contributed by atoms with Gasteiger partial charge in [-0.3, -0.25) is 14.5 Å². The normalized spacial score (nSPS) is 18.4. The minimum atomic E-state index is -4.49. The Balaban J connectivity index is 1.57. The second kappa shape index (κ2) is 7.25. The van der Waals surface area contributed by atoms with Crippen LogP contribution in [0.2, 0.25) is 0 Å². The molecule has 1 amide bonds. The predicted octanol–water partition coefficient (Wildman–Crippen LogP) is 2.78. The number of alkyl halides is 3. The SMILES string of the molecule is O=C(Cn1ccc(C(F)(F)F)n1)N1CCC[C@H](Cc2ccccn2)C1. The monoisotopic (exact) mass is 352 g/mol. The molecule has 0 aliphatic carbocycles. The summed E-state index contributed by atoms with van der Waals surface area (Å²) in [6, 6.07) is 6.64. The van der Waals surface area contributed by atoms with Gasteiger partial charge in [-0.05, 0) is 43.4 Å². The van der Waals surface area contributed by atoms with Crippen molar-refractivity contribution in [3.8, 4) is 0 Å². The molecule has 134 valence electrons. The van der Waals surface area contributed by atoms with Crippen LogP contribution in [0.25, 0.3) is 0 Å². The molecule has 25 heavy (non-hydrogen) atoms. The van der Waals surface area contributed by atoms with Crippen LogP contribution in [0.3, 0.4) is 0 Å². The van der Waals surface area contributed by atoms with Crippen molar-refractivity contribution in [3.63, 3.8) is 0 Å².